The normalized spacial score (nSPS) is 16.8. The number of aliphatic hydroxyl groups excluding tert-OH is 1. The molecular weight excluding hydrogens is 354 g/mol. The smallest absolute Gasteiger partial charge is 0.274 e. The molecular formula is C21H21N5O2. The highest BCUT2D eigenvalue weighted by atomic mass is 16.3. The van der Waals surface area contributed by atoms with Gasteiger partial charge in [-0.05, 0) is 18.4 Å². The molecule has 7 nitrogen and oxygen atoms in total. The van der Waals surface area contributed by atoms with Gasteiger partial charge in [0.05, 0.1) is 30.4 Å². The number of rotatable bonds is 4. The van der Waals surface area contributed by atoms with Gasteiger partial charge in [-0.15, -0.1) is 0 Å². The topological polar surface area (TPSA) is 92.1 Å². The molecule has 0 radical (unpaired) electrons. The minimum atomic E-state index is -0.0958. The van der Waals surface area contributed by atoms with Gasteiger partial charge in [0.25, 0.3) is 5.91 Å². The predicted molar refractivity (Wildman–Crippen MR) is 103 cm³/mol. The van der Waals surface area contributed by atoms with Crippen LogP contribution in [0.2, 0.25) is 0 Å². The van der Waals surface area contributed by atoms with Crippen LogP contribution in [0.4, 0.5) is 0 Å². The van der Waals surface area contributed by atoms with Crippen LogP contribution in [0.1, 0.15) is 40.5 Å². The molecule has 1 N–H and O–H groups in total. The van der Waals surface area contributed by atoms with Crippen molar-refractivity contribution in [2.75, 3.05) is 13.1 Å². The van der Waals surface area contributed by atoms with Crippen molar-refractivity contribution in [2.45, 2.75) is 25.4 Å². The standard InChI is InChI=1S/C21H21N5O2/c27-14-15-3-5-16(6-4-15)18-10-23-11-19(25-18)17-2-1-9-26(13-17)21(28)20-12-22-7-8-24-20/h3-8,10-12,17,27H,1-2,9,13-14H2. The highest BCUT2D eigenvalue weighted by Gasteiger charge is 2.27. The molecule has 0 bridgehead atoms. The van der Waals surface area contributed by atoms with Crippen LogP contribution in [0.5, 0.6) is 0 Å². The molecule has 3 aromatic rings. The Kier molecular flexibility index (Phi) is 5.34. The zero-order chi connectivity index (χ0) is 19.3. The molecule has 0 spiro atoms. The highest BCUT2D eigenvalue weighted by molar-refractivity contribution is 5.92. The monoisotopic (exact) mass is 375 g/mol. The first-order valence-corrected chi connectivity index (χ1v) is 9.32. The van der Waals surface area contributed by atoms with Gasteiger partial charge in [0.1, 0.15) is 5.69 Å². The molecule has 1 aliphatic rings. The third-order valence-electron chi connectivity index (χ3n) is 4.99. The van der Waals surface area contributed by atoms with Gasteiger partial charge in [-0.2, -0.15) is 0 Å². The van der Waals surface area contributed by atoms with Gasteiger partial charge in [0.2, 0.25) is 0 Å². The van der Waals surface area contributed by atoms with E-state index in [1.54, 1.807) is 18.6 Å². The lowest BCUT2D eigenvalue weighted by molar-refractivity contribution is 0.0699. The van der Waals surface area contributed by atoms with Crippen molar-refractivity contribution >= 4 is 5.91 Å². The molecule has 1 unspecified atom stereocenters. The minimum absolute atomic E-state index is 0.0176. The number of hydrogen-bond donors (Lipinski definition) is 1. The molecule has 1 aliphatic heterocycles. The zero-order valence-corrected chi connectivity index (χ0v) is 15.4. The summed E-state index contributed by atoms with van der Waals surface area (Å²) in [6.45, 7) is 1.32. The predicted octanol–water partition coefficient (Wildman–Crippen LogP) is 2.45. The van der Waals surface area contributed by atoms with Crippen molar-refractivity contribution in [3.63, 3.8) is 0 Å². The third-order valence-corrected chi connectivity index (χ3v) is 4.99. The van der Waals surface area contributed by atoms with Crippen LogP contribution >= 0.6 is 0 Å². The number of piperidine rings is 1. The Balaban J connectivity index is 1.53. The molecule has 1 saturated heterocycles. The van der Waals surface area contributed by atoms with E-state index >= 15 is 0 Å². The van der Waals surface area contributed by atoms with Gasteiger partial charge in [0.15, 0.2) is 0 Å². The zero-order valence-electron chi connectivity index (χ0n) is 15.4. The van der Waals surface area contributed by atoms with Crippen molar-refractivity contribution in [2.24, 2.45) is 0 Å². The lowest BCUT2D eigenvalue weighted by atomic mass is 9.94. The van der Waals surface area contributed by atoms with Crippen molar-refractivity contribution < 1.29 is 9.90 Å². The van der Waals surface area contributed by atoms with E-state index in [0.717, 1.165) is 35.4 Å². The summed E-state index contributed by atoms with van der Waals surface area (Å²) in [6, 6.07) is 7.63. The summed E-state index contributed by atoms with van der Waals surface area (Å²) < 4.78 is 0. The Morgan fingerprint density at radius 2 is 1.96 bits per heavy atom. The summed E-state index contributed by atoms with van der Waals surface area (Å²) in [5, 5.41) is 9.20. The molecule has 1 aromatic carbocycles. The molecule has 3 heterocycles. The van der Waals surface area contributed by atoms with Gasteiger partial charge < -0.3 is 10.0 Å². The first kappa shape index (κ1) is 18.2. The second-order valence-corrected chi connectivity index (χ2v) is 6.87. The van der Waals surface area contributed by atoms with Crippen molar-refractivity contribution in [1.29, 1.82) is 0 Å². The van der Waals surface area contributed by atoms with Gasteiger partial charge in [-0.1, -0.05) is 24.3 Å². The Bertz CT molecular complexity index is 947. The molecule has 1 atom stereocenters. The van der Waals surface area contributed by atoms with E-state index in [0.29, 0.717) is 18.8 Å². The van der Waals surface area contributed by atoms with E-state index in [-0.39, 0.29) is 18.4 Å². The number of benzene rings is 1. The Morgan fingerprint density at radius 3 is 2.71 bits per heavy atom. The molecule has 2 aromatic heterocycles. The summed E-state index contributed by atoms with van der Waals surface area (Å²) >= 11 is 0. The fourth-order valence-electron chi connectivity index (χ4n) is 3.47. The van der Waals surface area contributed by atoms with E-state index in [2.05, 4.69) is 15.0 Å². The third kappa shape index (κ3) is 3.89. The molecule has 0 saturated carbocycles. The number of aliphatic hydroxyl groups is 1. The van der Waals surface area contributed by atoms with Crippen LogP contribution in [0.15, 0.2) is 55.2 Å². The average molecular weight is 375 g/mol. The molecule has 1 amide bonds. The molecule has 1 fully saturated rings. The van der Waals surface area contributed by atoms with Gasteiger partial charge in [-0.3, -0.25) is 14.8 Å². The highest BCUT2D eigenvalue weighted by Crippen LogP contribution is 2.27. The Labute approximate surface area is 163 Å². The van der Waals surface area contributed by atoms with Crippen LogP contribution in [-0.4, -0.2) is 48.9 Å². The lowest BCUT2D eigenvalue weighted by Gasteiger charge is -2.32. The van der Waals surface area contributed by atoms with Crippen LogP contribution in [0, 0.1) is 0 Å². The van der Waals surface area contributed by atoms with Crippen LogP contribution < -0.4 is 0 Å². The van der Waals surface area contributed by atoms with E-state index in [4.69, 9.17) is 4.98 Å². The number of aromatic nitrogens is 4. The Hall–Kier alpha value is -3.19. The number of likely N-dealkylation sites (tertiary alicyclic amines) is 1. The fourth-order valence-corrected chi connectivity index (χ4v) is 3.47. The molecule has 28 heavy (non-hydrogen) atoms. The van der Waals surface area contributed by atoms with Gasteiger partial charge >= 0.3 is 0 Å². The summed E-state index contributed by atoms with van der Waals surface area (Å²) in [4.78, 5) is 31.8. The number of nitrogens with zero attached hydrogens (tertiary/aromatic N) is 5. The number of amides is 1. The van der Waals surface area contributed by atoms with Crippen molar-refractivity contribution in [1.82, 2.24) is 24.8 Å². The largest absolute Gasteiger partial charge is 0.392 e. The average Bonchev–Trinajstić information content (AvgIpc) is 2.79. The molecule has 0 aliphatic carbocycles. The maximum atomic E-state index is 12.7. The van der Waals surface area contributed by atoms with Crippen molar-refractivity contribution in [3.8, 4) is 11.3 Å². The van der Waals surface area contributed by atoms with Gasteiger partial charge in [0, 0.05) is 43.2 Å². The van der Waals surface area contributed by atoms with E-state index < -0.39 is 0 Å². The van der Waals surface area contributed by atoms with Crippen molar-refractivity contribution in [3.05, 3.63) is 72.2 Å². The second kappa shape index (κ2) is 8.22. The van der Waals surface area contributed by atoms with Crippen LogP contribution in [0.25, 0.3) is 11.3 Å². The summed E-state index contributed by atoms with van der Waals surface area (Å²) in [6.07, 6.45) is 9.99. The Morgan fingerprint density at radius 1 is 1.11 bits per heavy atom. The summed E-state index contributed by atoms with van der Waals surface area (Å²) in [5.74, 6) is 0.0417. The number of carbonyl (C=O) groups is 1. The SMILES string of the molecule is O=C(c1cnccn1)N1CCCC(c2cncc(-c3ccc(CO)cc3)n2)C1. The molecule has 142 valence electrons. The number of hydrogen-bond acceptors (Lipinski definition) is 6. The lowest BCUT2D eigenvalue weighted by Crippen LogP contribution is -2.39. The van der Waals surface area contributed by atoms with Gasteiger partial charge in [-0.25, -0.2) is 9.97 Å². The van der Waals surface area contributed by atoms with Crippen LogP contribution in [-0.2, 0) is 6.61 Å². The van der Waals surface area contributed by atoms with E-state index in [1.165, 1.54) is 12.4 Å². The fraction of sp³-hybridized carbons (Fsp3) is 0.286. The second-order valence-electron chi connectivity index (χ2n) is 6.87. The maximum Gasteiger partial charge on any atom is 0.274 e. The number of carbonyl (C=O) groups excluding carboxylic acids is 1. The quantitative estimate of drug-likeness (QED) is 0.753. The van der Waals surface area contributed by atoms with E-state index in [9.17, 15) is 9.90 Å². The first-order chi connectivity index (χ1) is 13.7. The molecule has 7 heteroatoms. The summed E-state index contributed by atoms with van der Waals surface area (Å²) in [5.41, 5.74) is 3.86. The maximum absolute atomic E-state index is 12.7. The summed E-state index contributed by atoms with van der Waals surface area (Å²) in [7, 11) is 0. The van der Waals surface area contributed by atoms with E-state index in [1.807, 2.05) is 29.2 Å². The molecule has 4 rings (SSSR count). The minimum Gasteiger partial charge on any atom is -0.392 e. The van der Waals surface area contributed by atoms with Crippen LogP contribution in [0.3, 0.4) is 0 Å². The first-order valence-electron chi connectivity index (χ1n) is 9.32.